The van der Waals surface area contributed by atoms with Crippen LogP contribution in [0.1, 0.15) is 15.9 Å². The summed E-state index contributed by atoms with van der Waals surface area (Å²) < 4.78 is 0. The Kier molecular flexibility index (Phi) is 5.27. The summed E-state index contributed by atoms with van der Waals surface area (Å²) in [7, 11) is 5.72. The lowest BCUT2D eigenvalue weighted by Gasteiger charge is -2.18. The highest BCUT2D eigenvalue weighted by Gasteiger charge is 2.14. The number of amides is 1. The van der Waals surface area contributed by atoms with Gasteiger partial charge in [0.05, 0.1) is 0 Å². The van der Waals surface area contributed by atoms with Crippen LogP contribution in [0.5, 0.6) is 0 Å². The van der Waals surface area contributed by atoms with Crippen LogP contribution in [-0.4, -0.2) is 36.9 Å². The maximum Gasteiger partial charge on any atom is 0.254 e. The summed E-state index contributed by atoms with van der Waals surface area (Å²) in [6, 6.07) is 11.1. The van der Waals surface area contributed by atoms with Gasteiger partial charge in [-0.2, -0.15) is 0 Å². The van der Waals surface area contributed by atoms with Crippen molar-refractivity contribution in [1.82, 2.24) is 9.88 Å². The van der Waals surface area contributed by atoms with Crippen LogP contribution in [0.3, 0.4) is 0 Å². The van der Waals surface area contributed by atoms with Crippen molar-refractivity contribution in [2.75, 3.05) is 26.0 Å². The van der Waals surface area contributed by atoms with Crippen LogP contribution in [0.4, 0.5) is 5.69 Å². The van der Waals surface area contributed by atoms with Crippen LogP contribution >= 0.6 is 23.2 Å². The number of hydrogen-bond donors (Lipinski definition) is 0. The number of pyridine rings is 1. The van der Waals surface area contributed by atoms with Crippen LogP contribution in [0, 0.1) is 0 Å². The summed E-state index contributed by atoms with van der Waals surface area (Å²) in [6.45, 7) is 0.504. The molecule has 0 bridgehead atoms. The zero-order valence-corrected chi connectivity index (χ0v) is 14.2. The second-order valence-electron chi connectivity index (χ2n) is 5.22. The lowest BCUT2D eigenvalue weighted by molar-refractivity contribution is 0.0785. The van der Waals surface area contributed by atoms with Gasteiger partial charge in [0, 0.05) is 38.9 Å². The summed E-state index contributed by atoms with van der Waals surface area (Å²) in [4.78, 5) is 19.9. The van der Waals surface area contributed by atoms with Crippen molar-refractivity contribution in [3.05, 3.63) is 57.8 Å². The zero-order valence-electron chi connectivity index (χ0n) is 12.7. The molecule has 0 spiro atoms. The van der Waals surface area contributed by atoms with Crippen molar-refractivity contribution >= 4 is 34.8 Å². The van der Waals surface area contributed by atoms with Crippen molar-refractivity contribution < 1.29 is 4.79 Å². The Hall–Kier alpha value is -1.78. The fourth-order valence-electron chi connectivity index (χ4n) is 2.05. The number of aromatic nitrogens is 1. The lowest BCUT2D eigenvalue weighted by atomic mass is 10.1. The van der Waals surface area contributed by atoms with Gasteiger partial charge in [-0.05, 0) is 29.8 Å². The smallest absolute Gasteiger partial charge is 0.254 e. The van der Waals surface area contributed by atoms with Gasteiger partial charge in [0.15, 0.2) is 0 Å². The van der Waals surface area contributed by atoms with E-state index in [1.807, 2.05) is 43.3 Å². The minimum atomic E-state index is -0.150. The minimum absolute atomic E-state index is 0.150. The molecule has 1 aromatic heterocycles. The fraction of sp³-hybridized carbons (Fsp3) is 0.250. The Labute approximate surface area is 140 Å². The van der Waals surface area contributed by atoms with E-state index < -0.39 is 0 Å². The molecule has 2 rings (SSSR count). The van der Waals surface area contributed by atoms with E-state index in [1.165, 1.54) is 12.1 Å². The van der Waals surface area contributed by atoms with Crippen molar-refractivity contribution in [2.24, 2.45) is 0 Å². The van der Waals surface area contributed by atoms with Gasteiger partial charge in [-0.25, -0.2) is 4.98 Å². The fourth-order valence-corrected chi connectivity index (χ4v) is 2.51. The lowest BCUT2D eigenvalue weighted by Crippen LogP contribution is -2.26. The van der Waals surface area contributed by atoms with E-state index in [9.17, 15) is 4.79 Å². The van der Waals surface area contributed by atoms with Crippen LogP contribution in [0.2, 0.25) is 10.3 Å². The van der Waals surface area contributed by atoms with E-state index in [-0.39, 0.29) is 16.2 Å². The molecule has 4 nitrogen and oxygen atoms in total. The first kappa shape index (κ1) is 16.6. The third kappa shape index (κ3) is 4.12. The van der Waals surface area contributed by atoms with Gasteiger partial charge in [0.1, 0.15) is 10.3 Å². The molecule has 0 saturated heterocycles. The van der Waals surface area contributed by atoms with Crippen molar-refractivity contribution in [2.45, 2.75) is 6.54 Å². The Bertz CT molecular complexity index is 651. The van der Waals surface area contributed by atoms with Crippen LogP contribution in [0.25, 0.3) is 0 Å². The van der Waals surface area contributed by atoms with Crippen molar-refractivity contribution in [3.8, 4) is 0 Å². The molecule has 116 valence electrons. The van der Waals surface area contributed by atoms with E-state index in [1.54, 1.807) is 11.9 Å². The summed E-state index contributed by atoms with van der Waals surface area (Å²) in [5, 5.41) is 0.416. The second-order valence-corrected chi connectivity index (χ2v) is 6.00. The topological polar surface area (TPSA) is 36.4 Å². The maximum atomic E-state index is 12.4. The number of carbonyl (C=O) groups excluding carboxylic acids is 1. The number of halogens is 2. The maximum absolute atomic E-state index is 12.4. The number of rotatable bonds is 4. The molecule has 1 aromatic carbocycles. The summed E-state index contributed by atoms with van der Waals surface area (Å²) in [5.41, 5.74) is 2.59. The van der Waals surface area contributed by atoms with Crippen molar-refractivity contribution in [3.63, 3.8) is 0 Å². The zero-order chi connectivity index (χ0) is 16.3. The quantitative estimate of drug-likeness (QED) is 0.797. The van der Waals surface area contributed by atoms with Crippen LogP contribution in [0.15, 0.2) is 36.4 Å². The molecule has 0 aliphatic heterocycles. The van der Waals surface area contributed by atoms with E-state index in [2.05, 4.69) is 4.98 Å². The van der Waals surface area contributed by atoms with E-state index in [0.717, 1.165) is 11.3 Å². The molecule has 0 N–H and O–H groups in total. The standard InChI is InChI=1S/C16H17Cl2N3O/c1-20(2)13-6-4-11(5-7-13)10-21(3)16(22)12-8-14(17)19-15(18)9-12/h4-9H,10H2,1-3H3. The second kappa shape index (κ2) is 6.99. The molecular weight excluding hydrogens is 321 g/mol. The number of benzene rings is 1. The average Bonchev–Trinajstić information content (AvgIpc) is 2.46. The van der Waals surface area contributed by atoms with Crippen LogP contribution < -0.4 is 4.90 Å². The Morgan fingerprint density at radius 3 is 2.09 bits per heavy atom. The first-order valence-electron chi connectivity index (χ1n) is 6.71. The van der Waals surface area contributed by atoms with Gasteiger partial charge >= 0.3 is 0 Å². The Morgan fingerprint density at radius 2 is 1.59 bits per heavy atom. The molecule has 1 amide bonds. The minimum Gasteiger partial charge on any atom is -0.378 e. The monoisotopic (exact) mass is 337 g/mol. The summed E-state index contributed by atoms with van der Waals surface area (Å²) >= 11 is 11.7. The third-order valence-corrected chi connectivity index (χ3v) is 3.62. The third-order valence-electron chi connectivity index (χ3n) is 3.23. The molecule has 0 radical (unpaired) electrons. The molecular formula is C16H17Cl2N3O. The molecule has 0 aliphatic rings. The van der Waals surface area contributed by atoms with Gasteiger partial charge in [-0.1, -0.05) is 35.3 Å². The highest BCUT2D eigenvalue weighted by atomic mass is 35.5. The molecule has 0 fully saturated rings. The predicted molar refractivity (Wildman–Crippen MR) is 90.8 cm³/mol. The number of anilines is 1. The van der Waals surface area contributed by atoms with Gasteiger partial charge in [-0.3, -0.25) is 4.79 Å². The van der Waals surface area contributed by atoms with Gasteiger partial charge in [0.25, 0.3) is 5.91 Å². The molecule has 0 atom stereocenters. The number of hydrogen-bond acceptors (Lipinski definition) is 3. The van der Waals surface area contributed by atoms with E-state index in [0.29, 0.717) is 12.1 Å². The molecule has 0 aliphatic carbocycles. The first-order chi connectivity index (χ1) is 10.4. The molecule has 0 unspecified atom stereocenters. The first-order valence-corrected chi connectivity index (χ1v) is 7.47. The molecule has 2 aromatic rings. The van der Waals surface area contributed by atoms with E-state index in [4.69, 9.17) is 23.2 Å². The van der Waals surface area contributed by atoms with Gasteiger partial charge in [0.2, 0.25) is 0 Å². The molecule has 1 heterocycles. The number of carbonyl (C=O) groups is 1. The molecule has 0 saturated carbocycles. The molecule has 22 heavy (non-hydrogen) atoms. The highest BCUT2D eigenvalue weighted by molar-refractivity contribution is 6.33. The van der Waals surface area contributed by atoms with E-state index >= 15 is 0 Å². The largest absolute Gasteiger partial charge is 0.378 e. The normalized spacial score (nSPS) is 10.4. The SMILES string of the molecule is CN(Cc1ccc(N(C)C)cc1)C(=O)c1cc(Cl)nc(Cl)c1. The molecule has 6 heteroatoms. The van der Waals surface area contributed by atoms with Crippen molar-refractivity contribution in [1.29, 1.82) is 0 Å². The number of nitrogens with zero attached hydrogens (tertiary/aromatic N) is 3. The Morgan fingerprint density at radius 1 is 1.05 bits per heavy atom. The van der Waals surface area contributed by atoms with Gasteiger partial charge in [-0.15, -0.1) is 0 Å². The summed E-state index contributed by atoms with van der Waals surface area (Å²) in [5.74, 6) is -0.150. The van der Waals surface area contributed by atoms with Crippen LogP contribution in [-0.2, 0) is 6.54 Å². The highest BCUT2D eigenvalue weighted by Crippen LogP contribution is 2.18. The van der Waals surface area contributed by atoms with Gasteiger partial charge < -0.3 is 9.80 Å². The average molecular weight is 338 g/mol. The predicted octanol–water partition coefficient (Wildman–Crippen LogP) is 3.73. The Balaban J connectivity index is 2.10. The summed E-state index contributed by atoms with van der Waals surface area (Å²) in [6.07, 6.45) is 0.